The summed E-state index contributed by atoms with van der Waals surface area (Å²) in [5.41, 5.74) is 2.07. The van der Waals surface area contributed by atoms with Gasteiger partial charge in [-0.25, -0.2) is 4.39 Å². The maximum absolute atomic E-state index is 14.0. The maximum atomic E-state index is 14.0. The molecular formula is C15H12BrFN2S. The maximum Gasteiger partial charge on any atom is 0.147 e. The molecular weight excluding hydrogens is 339 g/mol. The van der Waals surface area contributed by atoms with Crippen molar-refractivity contribution in [2.75, 3.05) is 5.32 Å². The molecule has 102 valence electrons. The predicted octanol–water partition coefficient (Wildman–Crippen LogP) is 5.01. The quantitative estimate of drug-likeness (QED) is 0.826. The molecule has 0 saturated carbocycles. The van der Waals surface area contributed by atoms with Gasteiger partial charge in [-0.05, 0) is 65.0 Å². The Morgan fingerprint density at radius 3 is 3.00 bits per heavy atom. The van der Waals surface area contributed by atoms with Gasteiger partial charge in [0.15, 0.2) is 0 Å². The van der Waals surface area contributed by atoms with Crippen molar-refractivity contribution in [1.82, 2.24) is 0 Å². The Hall–Kier alpha value is -1.38. The zero-order chi connectivity index (χ0) is 14.1. The lowest BCUT2D eigenvalue weighted by molar-refractivity contribution is 0.592. The molecule has 0 fully saturated rings. The zero-order valence-electron chi connectivity index (χ0n) is 10.6. The number of thiophene rings is 1. The predicted molar refractivity (Wildman–Crippen MR) is 82.4 cm³/mol. The van der Waals surface area contributed by atoms with Crippen LogP contribution >= 0.6 is 27.3 Å². The third-order valence-electron chi connectivity index (χ3n) is 3.51. The second-order valence-corrected chi connectivity index (χ2v) is 7.34. The molecule has 1 aliphatic rings. The van der Waals surface area contributed by atoms with Gasteiger partial charge >= 0.3 is 0 Å². The van der Waals surface area contributed by atoms with Crippen molar-refractivity contribution in [3.8, 4) is 6.07 Å². The van der Waals surface area contributed by atoms with Crippen molar-refractivity contribution in [3.05, 3.63) is 49.9 Å². The van der Waals surface area contributed by atoms with Crippen LogP contribution in [0.1, 0.15) is 34.9 Å². The Kier molecular flexibility index (Phi) is 3.77. The number of anilines is 1. The van der Waals surface area contributed by atoms with E-state index in [1.807, 2.05) is 6.07 Å². The fraction of sp³-hybridized carbons (Fsp3) is 0.267. The summed E-state index contributed by atoms with van der Waals surface area (Å²) in [6.45, 7) is 0. The Bertz CT molecular complexity index is 690. The van der Waals surface area contributed by atoms with Crippen molar-refractivity contribution in [3.63, 3.8) is 0 Å². The summed E-state index contributed by atoms with van der Waals surface area (Å²) in [6.07, 6.45) is 3.20. The number of hydrogen-bond donors (Lipinski definition) is 1. The monoisotopic (exact) mass is 350 g/mol. The van der Waals surface area contributed by atoms with Crippen molar-refractivity contribution in [1.29, 1.82) is 5.26 Å². The van der Waals surface area contributed by atoms with Crippen molar-refractivity contribution >= 4 is 33.0 Å². The molecule has 3 rings (SSSR count). The minimum atomic E-state index is -0.370. The number of hydrogen-bond acceptors (Lipinski definition) is 3. The molecule has 0 radical (unpaired) electrons. The van der Waals surface area contributed by atoms with Gasteiger partial charge < -0.3 is 5.32 Å². The van der Waals surface area contributed by atoms with Crippen LogP contribution in [0.5, 0.6) is 0 Å². The Morgan fingerprint density at radius 2 is 2.25 bits per heavy atom. The number of aryl methyl sites for hydroxylation is 1. The minimum absolute atomic E-state index is 0.142. The molecule has 0 aliphatic heterocycles. The van der Waals surface area contributed by atoms with Crippen LogP contribution in [0, 0.1) is 17.1 Å². The van der Waals surface area contributed by atoms with E-state index in [-0.39, 0.29) is 11.9 Å². The molecule has 1 aromatic carbocycles. The van der Waals surface area contributed by atoms with E-state index in [0.29, 0.717) is 11.3 Å². The summed E-state index contributed by atoms with van der Waals surface area (Å²) in [5, 5.41) is 12.0. The molecule has 0 amide bonds. The van der Waals surface area contributed by atoms with Gasteiger partial charge in [-0.15, -0.1) is 11.3 Å². The van der Waals surface area contributed by atoms with Crippen LogP contribution in [-0.2, 0) is 6.42 Å². The highest BCUT2D eigenvalue weighted by Gasteiger charge is 2.23. The number of nitrogens with zero attached hydrogens (tertiary/aromatic N) is 1. The Morgan fingerprint density at radius 1 is 1.40 bits per heavy atom. The molecule has 0 bridgehead atoms. The largest absolute Gasteiger partial charge is 0.376 e. The number of halogens is 2. The van der Waals surface area contributed by atoms with E-state index >= 15 is 0 Å². The molecule has 1 N–H and O–H groups in total. The SMILES string of the molecule is N#Cc1ccc(NC2CCCc3sc(Br)cc32)c(F)c1. The van der Waals surface area contributed by atoms with Crippen LogP contribution in [0.25, 0.3) is 0 Å². The van der Waals surface area contributed by atoms with Gasteiger partial charge in [0.25, 0.3) is 0 Å². The van der Waals surface area contributed by atoms with Gasteiger partial charge in [-0.2, -0.15) is 5.26 Å². The molecule has 1 unspecified atom stereocenters. The van der Waals surface area contributed by atoms with Gasteiger partial charge in [0.2, 0.25) is 0 Å². The van der Waals surface area contributed by atoms with Gasteiger partial charge in [0.1, 0.15) is 5.82 Å². The van der Waals surface area contributed by atoms with E-state index in [0.717, 1.165) is 23.0 Å². The van der Waals surface area contributed by atoms with Gasteiger partial charge in [-0.1, -0.05) is 0 Å². The van der Waals surface area contributed by atoms with E-state index in [1.54, 1.807) is 23.5 Å². The topological polar surface area (TPSA) is 35.8 Å². The first-order valence-electron chi connectivity index (χ1n) is 6.41. The number of nitrogens with one attached hydrogen (secondary N) is 1. The molecule has 1 atom stereocenters. The average Bonchev–Trinajstić information content (AvgIpc) is 2.82. The molecule has 0 saturated heterocycles. The first-order chi connectivity index (χ1) is 9.67. The van der Waals surface area contributed by atoms with Gasteiger partial charge in [-0.3, -0.25) is 0 Å². The smallest absolute Gasteiger partial charge is 0.147 e. The van der Waals surface area contributed by atoms with Crippen LogP contribution in [-0.4, -0.2) is 0 Å². The second-order valence-electron chi connectivity index (χ2n) is 4.82. The second kappa shape index (κ2) is 5.55. The third kappa shape index (κ3) is 2.58. The lowest BCUT2D eigenvalue weighted by Crippen LogP contribution is -2.16. The summed E-state index contributed by atoms with van der Waals surface area (Å²) in [7, 11) is 0. The van der Waals surface area contributed by atoms with E-state index in [4.69, 9.17) is 5.26 Å². The standard InChI is InChI=1S/C15H12BrFN2S/c16-15-7-10-12(2-1-3-14(10)20-15)19-13-5-4-9(8-18)6-11(13)17/h4-7,12,19H,1-3H2. The molecule has 2 nitrogen and oxygen atoms in total. The highest BCUT2D eigenvalue weighted by atomic mass is 79.9. The fourth-order valence-electron chi connectivity index (χ4n) is 2.56. The van der Waals surface area contributed by atoms with Crippen LogP contribution in [0.3, 0.4) is 0 Å². The minimum Gasteiger partial charge on any atom is -0.376 e. The van der Waals surface area contributed by atoms with E-state index < -0.39 is 0 Å². The van der Waals surface area contributed by atoms with Gasteiger partial charge in [0.05, 0.1) is 27.1 Å². The van der Waals surface area contributed by atoms with Crippen molar-refractivity contribution in [2.45, 2.75) is 25.3 Å². The molecule has 1 heterocycles. The van der Waals surface area contributed by atoms with Crippen molar-refractivity contribution < 1.29 is 4.39 Å². The molecule has 1 aromatic heterocycles. The Balaban J connectivity index is 1.87. The fourth-order valence-corrected chi connectivity index (χ4v) is 4.38. The van der Waals surface area contributed by atoms with E-state index in [1.165, 1.54) is 16.5 Å². The van der Waals surface area contributed by atoms with Crippen LogP contribution < -0.4 is 5.32 Å². The molecule has 1 aliphatic carbocycles. The van der Waals surface area contributed by atoms with E-state index in [2.05, 4.69) is 27.3 Å². The number of fused-ring (bicyclic) bond motifs is 1. The van der Waals surface area contributed by atoms with Crippen molar-refractivity contribution in [2.24, 2.45) is 0 Å². The molecule has 2 aromatic rings. The highest BCUT2D eigenvalue weighted by molar-refractivity contribution is 9.11. The number of benzene rings is 1. The summed E-state index contributed by atoms with van der Waals surface area (Å²) in [6, 6.07) is 8.76. The zero-order valence-corrected chi connectivity index (χ0v) is 13.0. The highest BCUT2D eigenvalue weighted by Crippen LogP contribution is 2.39. The van der Waals surface area contributed by atoms with E-state index in [9.17, 15) is 4.39 Å². The van der Waals surface area contributed by atoms with Gasteiger partial charge in [0, 0.05) is 4.88 Å². The number of nitriles is 1. The van der Waals surface area contributed by atoms with Crippen LogP contribution in [0.15, 0.2) is 28.1 Å². The summed E-state index contributed by atoms with van der Waals surface area (Å²) >= 11 is 5.27. The normalized spacial score (nSPS) is 17.4. The third-order valence-corrected chi connectivity index (χ3v) is 5.23. The summed E-state index contributed by atoms with van der Waals surface area (Å²) < 4.78 is 15.1. The van der Waals surface area contributed by atoms with Crippen LogP contribution in [0.4, 0.5) is 10.1 Å². The summed E-state index contributed by atoms with van der Waals surface area (Å²) in [4.78, 5) is 1.37. The molecule has 5 heteroatoms. The van der Waals surface area contributed by atoms with Crippen LogP contribution in [0.2, 0.25) is 0 Å². The first kappa shape index (κ1) is 13.6. The molecule has 0 spiro atoms. The first-order valence-corrected chi connectivity index (χ1v) is 8.02. The lowest BCUT2D eigenvalue weighted by Gasteiger charge is -2.24. The number of rotatable bonds is 2. The lowest BCUT2D eigenvalue weighted by atomic mass is 9.94. The average molecular weight is 351 g/mol. The Labute approximate surface area is 129 Å². The summed E-state index contributed by atoms with van der Waals surface area (Å²) in [5.74, 6) is -0.370. The molecule has 20 heavy (non-hydrogen) atoms.